The summed E-state index contributed by atoms with van der Waals surface area (Å²) >= 11 is 1.72. The van der Waals surface area contributed by atoms with Crippen molar-refractivity contribution in [2.45, 2.75) is 19.3 Å². The number of carbonyl (C=O) groups excluding carboxylic acids is 1. The van der Waals surface area contributed by atoms with Gasteiger partial charge in [0.05, 0.1) is 0 Å². The van der Waals surface area contributed by atoms with Crippen LogP contribution in [0.25, 0.3) is 0 Å². The minimum absolute atomic E-state index is 0.186. The van der Waals surface area contributed by atoms with Crippen LogP contribution in [0.3, 0.4) is 0 Å². The number of nitrogens with one attached hydrogen (secondary N) is 1. The van der Waals surface area contributed by atoms with Gasteiger partial charge in [-0.15, -0.1) is 0 Å². The van der Waals surface area contributed by atoms with Crippen LogP contribution in [0.15, 0.2) is 10.8 Å². The fraction of sp³-hybridized carbons (Fsp3) is 0.444. The Labute approximate surface area is 75.6 Å². The molecule has 1 aromatic rings. The van der Waals surface area contributed by atoms with Crippen LogP contribution in [0.5, 0.6) is 0 Å². The minimum atomic E-state index is 0.186. The van der Waals surface area contributed by atoms with Crippen molar-refractivity contribution in [3.63, 3.8) is 0 Å². The molecule has 2 nitrogen and oxygen atoms in total. The smallest absolute Gasteiger partial charge is 0.220 e. The van der Waals surface area contributed by atoms with E-state index in [4.69, 9.17) is 0 Å². The second-order valence-electron chi connectivity index (χ2n) is 3.22. The lowest BCUT2D eigenvalue weighted by atomic mass is 9.98. The number of aryl methyl sites for hydroxylation is 1. The molecule has 0 bridgehead atoms. The van der Waals surface area contributed by atoms with Crippen molar-refractivity contribution in [1.82, 2.24) is 5.32 Å². The summed E-state index contributed by atoms with van der Waals surface area (Å²) in [6, 6.07) is 0. The SMILES string of the molecule is Cc1cscc1C1CNC(=O)C1. The van der Waals surface area contributed by atoms with E-state index in [-0.39, 0.29) is 5.91 Å². The van der Waals surface area contributed by atoms with Crippen molar-refractivity contribution in [3.05, 3.63) is 21.9 Å². The summed E-state index contributed by atoms with van der Waals surface area (Å²) in [5, 5.41) is 7.14. The second-order valence-corrected chi connectivity index (χ2v) is 3.96. The van der Waals surface area contributed by atoms with Crippen molar-refractivity contribution in [3.8, 4) is 0 Å². The summed E-state index contributed by atoms with van der Waals surface area (Å²) in [5.41, 5.74) is 2.67. The Bertz CT molecular complexity index is 305. The normalized spacial score (nSPS) is 22.8. The first-order chi connectivity index (χ1) is 5.77. The summed E-state index contributed by atoms with van der Waals surface area (Å²) in [7, 11) is 0. The maximum Gasteiger partial charge on any atom is 0.220 e. The van der Waals surface area contributed by atoms with Gasteiger partial charge in [-0.05, 0) is 28.8 Å². The predicted molar refractivity (Wildman–Crippen MR) is 49.4 cm³/mol. The Balaban J connectivity index is 2.21. The Morgan fingerprint density at radius 1 is 1.58 bits per heavy atom. The van der Waals surface area contributed by atoms with E-state index in [0.29, 0.717) is 12.3 Å². The van der Waals surface area contributed by atoms with Crippen molar-refractivity contribution < 1.29 is 4.79 Å². The van der Waals surface area contributed by atoms with Gasteiger partial charge in [-0.2, -0.15) is 11.3 Å². The topological polar surface area (TPSA) is 29.1 Å². The molecule has 1 saturated heterocycles. The maximum atomic E-state index is 11.0. The van der Waals surface area contributed by atoms with Crippen molar-refractivity contribution in [2.75, 3.05) is 6.54 Å². The van der Waals surface area contributed by atoms with E-state index in [2.05, 4.69) is 23.0 Å². The lowest BCUT2D eigenvalue weighted by Crippen LogP contribution is -2.13. The zero-order chi connectivity index (χ0) is 8.55. The fourth-order valence-electron chi connectivity index (χ4n) is 1.61. The van der Waals surface area contributed by atoms with Gasteiger partial charge in [0.1, 0.15) is 0 Å². The molecule has 1 aliphatic heterocycles. The van der Waals surface area contributed by atoms with Crippen molar-refractivity contribution in [1.29, 1.82) is 0 Å². The Kier molecular flexibility index (Phi) is 1.89. The largest absolute Gasteiger partial charge is 0.355 e. The highest BCUT2D eigenvalue weighted by molar-refractivity contribution is 7.08. The average molecular weight is 181 g/mol. The molecule has 1 unspecified atom stereocenters. The molecule has 0 aromatic carbocycles. The molecular weight excluding hydrogens is 170 g/mol. The molecule has 2 rings (SSSR count). The zero-order valence-electron chi connectivity index (χ0n) is 6.96. The van der Waals surface area contributed by atoms with Gasteiger partial charge in [0.2, 0.25) is 5.91 Å². The molecule has 1 fully saturated rings. The third kappa shape index (κ3) is 1.25. The summed E-state index contributed by atoms with van der Waals surface area (Å²) < 4.78 is 0. The van der Waals surface area contributed by atoms with E-state index in [1.54, 1.807) is 11.3 Å². The van der Waals surface area contributed by atoms with Crippen LogP contribution in [0.4, 0.5) is 0 Å². The predicted octanol–water partition coefficient (Wildman–Crippen LogP) is 1.66. The van der Waals surface area contributed by atoms with Gasteiger partial charge in [-0.3, -0.25) is 4.79 Å². The molecule has 64 valence electrons. The number of thiophene rings is 1. The standard InChI is InChI=1S/C9H11NOS/c1-6-4-12-5-8(6)7-2-9(11)10-3-7/h4-5,7H,2-3H2,1H3,(H,10,11). The first kappa shape index (κ1) is 7.80. The molecule has 1 aliphatic rings. The molecule has 1 aromatic heterocycles. The molecule has 2 heterocycles. The quantitative estimate of drug-likeness (QED) is 0.701. The van der Waals surface area contributed by atoms with E-state index in [9.17, 15) is 4.79 Å². The maximum absolute atomic E-state index is 11.0. The van der Waals surface area contributed by atoms with Crippen LogP contribution in [-0.4, -0.2) is 12.5 Å². The molecule has 1 atom stereocenters. The van der Waals surface area contributed by atoms with Gasteiger partial charge >= 0.3 is 0 Å². The van der Waals surface area contributed by atoms with E-state index in [0.717, 1.165) is 6.54 Å². The Hall–Kier alpha value is -0.830. The van der Waals surface area contributed by atoms with Crippen LogP contribution in [0.2, 0.25) is 0 Å². The molecule has 12 heavy (non-hydrogen) atoms. The van der Waals surface area contributed by atoms with Crippen molar-refractivity contribution >= 4 is 17.2 Å². The number of hydrogen-bond acceptors (Lipinski definition) is 2. The highest BCUT2D eigenvalue weighted by Gasteiger charge is 2.24. The number of hydrogen-bond donors (Lipinski definition) is 1. The lowest BCUT2D eigenvalue weighted by Gasteiger charge is -2.05. The lowest BCUT2D eigenvalue weighted by molar-refractivity contribution is -0.119. The molecule has 0 aliphatic carbocycles. The van der Waals surface area contributed by atoms with Gasteiger partial charge in [0, 0.05) is 18.9 Å². The van der Waals surface area contributed by atoms with Gasteiger partial charge in [0.15, 0.2) is 0 Å². The Morgan fingerprint density at radius 2 is 2.42 bits per heavy atom. The van der Waals surface area contributed by atoms with E-state index < -0.39 is 0 Å². The van der Waals surface area contributed by atoms with Crippen LogP contribution in [-0.2, 0) is 4.79 Å². The first-order valence-electron chi connectivity index (χ1n) is 4.07. The highest BCUT2D eigenvalue weighted by atomic mass is 32.1. The third-order valence-electron chi connectivity index (χ3n) is 2.31. The summed E-state index contributed by atoms with van der Waals surface area (Å²) in [5.74, 6) is 0.606. The summed E-state index contributed by atoms with van der Waals surface area (Å²) in [4.78, 5) is 11.0. The molecule has 0 radical (unpaired) electrons. The van der Waals surface area contributed by atoms with Crippen LogP contribution in [0.1, 0.15) is 23.5 Å². The first-order valence-corrected chi connectivity index (χ1v) is 5.01. The molecule has 0 saturated carbocycles. The highest BCUT2D eigenvalue weighted by Crippen LogP contribution is 2.28. The summed E-state index contributed by atoms with van der Waals surface area (Å²) in [6.45, 7) is 2.92. The Morgan fingerprint density at radius 3 is 2.92 bits per heavy atom. The zero-order valence-corrected chi connectivity index (χ0v) is 7.78. The minimum Gasteiger partial charge on any atom is -0.355 e. The third-order valence-corrected chi connectivity index (χ3v) is 3.19. The second kappa shape index (κ2) is 2.90. The van der Waals surface area contributed by atoms with Gasteiger partial charge in [-0.25, -0.2) is 0 Å². The van der Waals surface area contributed by atoms with E-state index >= 15 is 0 Å². The van der Waals surface area contributed by atoms with Crippen LogP contribution >= 0.6 is 11.3 Å². The van der Waals surface area contributed by atoms with Gasteiger partial charge in [0.25, 0.3) is 0 Å². The molecule has 0 spiro atoms. The molecular formula is C9H11NOS. The van der Waals surface area contributed by atoms with Gasteiger partial charge < -0.3 is 5.32 Å². The molecule has 3 heteroatoms. The fourth-order valence-corrected chi connectivity index (χ4v) is 2.55. The molecule has 1 N–H and O–H groups in total. The monoisotopic (exact) mass is 181 g/mol. The van der Waals surface area contributed by atoms with E-state index in [1.165, 1.54) is 11.1 Å². The number of rotatable bonds is 1. The van der Waals surface area contributed by atoms with Crippen molar-refractivity contribution in [2.24, 2.45) is 0 Å². The van der Waals surface area contributed by atoms with Crippen LogP contribution < -0.4 is 5.32 Å². The van der Waals surface area contributed by atoms with Gasteiger partial charge in [-0.1, -0.05) is 0 Å². The number of amides is 1. The van der Waals surface area contributed by atoms with Crippen LogP contribution in [0, 0.1) is 6.92 Å². The molecule has 1 amide bonds. The van der Waals surface area contributed by atoms with E-state index in [1.807, 2.05) is 0 Å². The summed E-state index contributed by atoms with van der Waals surface area (Å²) in [6.07, 6.45) is 0.664. The number of carbonyl (C=O) groups is 1. The average Bonchev–Trinajstić information content (AvgIpc) is 2.58.